The Balaban J connectivity index is 2.84. The number of carbonyl (C=O) groups is 3. The van der Waals surface area contributed by atoms with Crippen LogP contribution in [0.4, 0.5) is 0 Å². The van der Waals surface area contributed by atoms with Crippen molar-refractivity contribution in [3.05, 3.63) is 61.2 Å². The number of allylic oxidation sites excluding steroid dienone is 2. The van der Waals surface area contributed by atoms with Gasteiger partial charge in [0.05, 0.1) is 24.8 Å². The molecule has 0 aliphatic carbocycles. The van der Waals surface area contributed by atoms with Gasteiger partial charge in [0, 0.05) is 0 Å². The molecule has 1 unspecified atom stereocenters. The summed E-state index contributed by atoms with van der Waals surface area (Å²) in [6.07, 6.45) is 3.40. The minimum Gasteiger partial charge on any atom is -0.460 e. The Hall–Kier alpha value is -2.89. The normalized spacial score (nSPS) is 13.9. The van der Waals surface area contributed by atoms with E-state index in [4.69, 9.17) is 9.47 Å². The van der Waals surface area contributed by atoms with E-state index in [-0.39, 0.29) is 30.8 Å². The summed E-state index contributed by atoms with van der Waals surface area (Å²) in [5, 5.41) is 2.82. The Morgan fingerprint density at radius 2 is 1.68 bits per heavy atom. The van der Waals surface area contributed by atoms with Crippen molar-refractivity contribution in [2.24, 2.45) is 11.8 Å². The molecule has 0 fully saturated rings. The molecule has 1 N–H and O–H groups in total. The van der Waals surface area contributed by atoms with Crippen LogP contribution in [0.2, 0.25) is 0 Å². The summed E-state index contributed by atoms with van der Waals surface area (Å²) in [6, 6.07) is 9.22. The van der Waals surface area contributed by atoms with Gasteiger partial charge in [-0.2, -0.15) is 0 Å². The molecule has 1 aromatic rings. The van der Waals surface area contributed by atoms with Crippen molar-refractivity contribution >= 4 is 17.8 Å². The van der Waals surface area contributed by atoms with E-state index in [1.807, 2.05) is 30.3 Å². The number of carbonyl (C=O) groups excluding carboxylic acids is 3. The number of nitrogens with one attached hydrogen (secondary N) is 1. The number of esters is 2. The van der Waals surface area contributed by atoms with Gasteiger partial charge in [-0.15, -0.1) is 13.2 Å². The number of amides is 1. The largest absolute Gasteiger partial charge is 0.460 e. The van der Waals surface area contributed by atoms with Gasteiger partial charge in [0.25, 0.3) is 0 Å². The fraction of sp³-hybridized carbons (Fsp3) is 0.480. The lowest BCUT2D eigenvalue weighted by Gasteiger charge is -2.23. The van der Waals surface area contributed by atoms with Gasteiger partial charge in [-0.05, 0) is 39.2 Å². The van der Waals surface area contributed by atoms with Crippen molar-refractivity contribution in [3.8, 4) is 0 Å². The summed E-state index contributed by atoms with van der Waals surface area (Å²) in [6.45, 7) is 14.5. The molecule has 0 aliphatic rings. The fourth-order valence-electron chi connectivity index (χ4n) is 2.90. The summed E-state index contributed by atoms with van der Waals surface area (Å²) >= 11 is 0. The zero-order valence-electron chi connectivity index (χ0n) is 19.1. The van der Waals surface area contributed by atoms with Crippen molar-refractivity contribution in [2.45, 2.75) is 58.7 Å². The Morgan fingerprint density at radius 3 is 2.23 bits per heavy atom. The van der Waals surface area contributed by atoms with Gasteiger partial charge >= 0.3 is 11.9 Å². The van der Waals surface area contributed by atoms with Crippen LogP contribution in [0, 0.1) is 11.8 Å². The Bertz CT molecular complexity index is 751. The average Bonchev–Trinajstić information content (AvgIpc) is 2.69. The molecule has 0 heterocycles. The van der Waals surface area contributed by atoms with Crippen molar-refractivity contribution < 1.29 is 23.9 Å². The van der Waals surface area contributed by atoms with Crippen LogP contribution in [0.15, 0.2) is 55.6 Å². The molecule has 0 saturated heterocycles. The highest BCUT2D eigenvalue weighted by Crippen LogP contribution is 2.20. The lowest BCUT2D eigenvalue weighted by atomic mass is 9.99. The third-order valence-electron chi connectivity index (χ3n) is 4.47. The maximum atomic E-state index is 12.8. The first kappa shape index (κ1) is 26.1. The van der Waals surface area contributed by atoms with E-state index in [9.17, 15) is 14.4 Å². The Labute approximate surface area is 185 Å². The molecule has 0 bridgehead atoms. The summed E-state index contributed by atoms with van der Waals surface area (Å²) in [5.41, 5.74) is 0.149. The molecular formula is C25H35NO5. The SMILES string of the molecule is C=CCC(CC(=O)OC(C)(C)C)C(=O)NC[C@H](OC(=O)[C@@H](C)CC=C)c1ccccc1. The predicted molar refractivity (Wildman–Crippen MR) is 121 cm³/mol. The highest BCUT2D eigenvalue weighted by Gasteiger charge is 2.26. The second-order valence-electron chi connectivity index (χ2n) is 8.52. The van der Waals surface area contributed by atoms with Crippen molar-refractivity contribution in [3.63, 3.8) is 0 Å². The van der Waals surface area contributed by atoms with Gasteiger partial charge in [-0.3, -0.25) is 14.4 Å². The third-order valence-corrected chi connectivity index (χ3v) is 4.47. The van der Waals surface area contributed by atoms with Crippen molar-refractivity contribution in [2.75, 3.05) is 6.54 Å². The van der Waals surface area contributed by atoms with Crippen LogP contribution in [0.25, 0.3) is 0 Å². The minimum absolute atomic E-state index is 0.0543. The van der Waals surface area contributed by atoms with Crippen LogP contribution in [0.5, 0.6) is 0 Å². The second-order valence-corrected chi connectivity index (χ2v) is 8.52. The van der Waals surface area contributed by atoms with Crippen LogP contribution in [0.1, 0.15) is 58.6 Å². The van der Waals surface area contributed by atoms with Crippen LogP contribution in [-0.2, 0) is 23.9 Å². The van der Waals surface area contributed by atoms with Crippen LogP contribution >= 0.6 is 0 Å². The minimum atomic E-state index is -0.643. The van der Waals surface area contributed by atoms with E-state index in [0.717, 1.165) is 5.56 Å². The standard InChI is InChI=1S/C25H35NO5/c1-7-12-18(3)24(29)30-21(19-14-10-9-11-15-19)17-26-23(28)20(13-8-2)16-22(27)31-25(4,5)6/h7-11,14-15,18,20-21H,1-2,12-13,16-17H2,3-6H3,(H,26,28)/t18-,20?,21-/m0/s1. The molecular weight excluding hydrogens is 394 g/mol. The maximum Gasteiger partial charge on any atom is 0.309 e. The van der Waals surface area contributed by atoms with Gasteiger partial charge in [0.2, 0.25) is 5.91 Å². The number of hydrogen-bond acceptors (Lipinski definition) is 5. The molecule has 0 spiro atoms. The van der Waals surface area contributed by atoms with E-state index in [0.29, 0.717) is 12.8 Å². The van der Waals surface area contributed by atoms with Crippen LogP contribution in [0.3, 0.4) is 0 Å². The summed E-state index contributed by atoms with van der Waals surface area (Å²) in [4.78, 5) is 37.4. The number of benzene rings is 1. The molecule has 0 aromatic heterocycles. The van der Waals surface area contributed by atoms with Crippen LogP contribution in [-0.4, -0.2) is 30.0 Å². The summed E-state index contributed by atoms with van der Waals surface area (Å²) in [5.74, 6) is -2.07. The molecule has 0 radical (unpaired) electrons. The third kappa shape index (κ3) is 10.1. The lowest BCUT2D eigenvalue weighted by molar-refractivity contribution is -0.157. The number of hydrogen-bond donors (Lipinski definition) is 1. The van der Waals surface area contributed by atoms with E-state index < -0.39 is 23.6 Å². The molecule has 170 valence electrons. The lowest BCUT2D eigenvalue weighted by Crippen LogP contribution is -2.37. The molecule has 1 amide bonds. The van der Waals surface area contributed by atoms with E-state index in [2.05, 4.69) is 18.5 Å². The molecule has 6 heteroatoms. The second kappa shape index (κ2) is 12.7. The van der Waals surface area contributed by atoms with E-state index in [1.54, 1.807) is 39.8 Å². The fourth-order valence-corrected chi connectivity index (χ4v) is 2.90. The zero-order valence-corrected chi connectivity index (χ0v) is 19.1. The quantitative estimate of drug-likeness (QED) is 0.390. The van der Waals surface area contributed by atoms with Crippen molar-refractivity contribution in [1.29, 1.82) is 0 Å². The van der Waals surface area contributed by atoms with Gasteiger partial charge in [-0.1, -0.05) is 49.4 Å². The first-order chi connectivity index (χ1) is 14.6. The smallest absolute Gasteiger partial charge is 0.309 e. The van der Waals surface area contributed by atoms with Gasteiger partial charge in [0.1, 0.15) is 11.7 Å². The Morgan fingerprint density at radius 1 is 1.06 bits per heavy atom. The first-order valence-electron chi connectivity index (χ1n) is 10.5. The summed E-state index contributed by atoms with van der Waals surface area (Å²) in [7, 11) is 0. The van der Waals surface area contributed by atoms with Gasteiger partial charge in [-0.25, -0.2) is 0 Å². The molecule has 1 rings (SSSR count). The zero-order chi connectivity index (χ0) is 23.4. The summed E-state index contributed by atoms with van der Waals surface area (Å²) < 4.78 is 11.0. The highest BCUT2D eigenvalue weighted by molar-refractivity contribution is 5.84. The van der Waals surface area contributed by atoms with Crippen molar-refractivity contribution in [1.82, 2.24) is 5.32 Å². The maximum absolute atomic E-state index is 12.8. The first-order valence-corrected chi connectivity index (χ1v) is 10.5. The molecule has 0 aliphatic heterocycles. The van der Waals surface area contributed by atoms with Gasteiger partial charge in [0.15, 0.2) is 0 Å². The molecule has 6 nitrogen and oxygen atoms in total. The molecule has 3 atom stereocenters. The van der Waals surface area contributed by atoms with Gasteiger partial charge < -0.3 is 14.8 Å². The predicted octanol–water partition coefficient (Wildman–Crippen LogP) is 4.52. The monoisotopic (exact) mass is 429 g/mol. The van der Waals surface area contributed by atoms with Crippen LogP contribution < -0.4 is 5.32 Å². The van der Waals surface area contributed by atoms with E-state index in [1.165, 1.54) is 0 Å². The molecule has 1 aromatic carbocycles. The topological polar surface area (TPSA) is 81.7 Å². The molecule has 31 heavy (non-hydrogen) atoms. The number of rotatable bonds is 12. The average molecular weight is 430 g/mol. The molecule has 0 saturated carbocycles. The van der Waals surface area contributed by atoms with E-state index >= 15 is 0 Å². The highest BCUT2D eigenvalue weighted by atomic mass is 16.6. The Kier molecular flexibility index (Phi) is 10.7. The number of ether oxygens (including phenoxy) is 2.